The molecule has 10 heteroatoms. The number of sulfonamides is 1. The van der Waals surface area contributed by atoms with Crippen LogP contribution in [0.1, 0.15) is 44.1 Å². The van der Waals surface area contributed by atoms with Crippen LogP contribution in [0.5, 0.6) is 0 Å². The van der Waals surface area contributed by atoms with Crippen LogP contribution in [0.3, 0.4) is 0 Å². The summed E-state index contributed by atoms with van der Waals surface area (Å²) in [6.45, 7) is 2.08. The van der Waals surface area contributed by atoms with E-state index in [2.05, 4.69) is 16.0 Å². The quantitative estimate of drug-likeness (QED) is 0.550. The minimum atomic E-state index is -3.52. The molecule has 0 bridgehead atoms. The molecule has 1 heterocycles. The molecule has 0 radical (unpaired) electrons. The number of hydrogen-bond donors (Lipinski definition) is 3. The number of amides is 3. The fourth-order valence-electron chi connectivity index (χ4n) is 3.78. The van der Waals surface area contributed by atoms with Gasteiger partial charge in [0.15, 0.2) is 0 Å². The van der Waals surface area contributed by atoms with Crippen LogP contribution >= 0.6 is 0 Å². The second-order valence-electron chi connectivity index (χ2n) is 7.92. The summed E-state index contributed by atoms with van der Waals surface area (Å²) in [5, 5.41) is 8.46. The van der Waals surface area contributed by atoms with Gasteiger partial charge in [0.2, 0.25) is 15.9 Å². The average Bonchev–Trinajstić information content (AvgIpc) is 2.79. The summed E-state index contributed by atoms with van der Waals surface area (Å²) in [7, 11) is -3.52. The fourth-order valence-corrected chi connectivity index (χ4v) is 5.19. The number of ether oxygens (including phenoxy) is 1. The van der Waals surface area contributed by atoms with E-state index in [9.17, 15) is 18.0 Å². The maximum Gasteiger partial charge on any atom is 0.315 e. The third kappa shape index (κ3) is 7.19. The van der Waals surface area contributed by atoms with E-state index in [0.717, 1.165) is 31.2 Å². The number of urea groups is 1. The fraction of sp³-hybridized carbons (Fsp3) is 0.619. The molecular formula is C21H32N4O5S. The Labute approximate surface area is 184 Å². The van der Waals surface area contributed by atoms with E-state index in [1.165, 1.54) is 10.7 Å². The topological polar surface area (TPSA) is 117 Å². The largest absolute Gasteiger partial charge is 0.379 e. The Morgan fingerprint density at radius 1 is 1.00 bits per heavy atom. The number of nitrogens with zero attached hydrogens (tertiary/aromatic N) is 1. The lowest BCUT2D eigenvalue weighted by molar-refractivity contribution is -0.121. The second kappa shape index (κ2) is 11.4. The second-order valence-corrected chi connectivity index (χ2v) is 9.86. The first-order valence-electron chi connectivity index (χ1n) is 10.9. The first-order chi connectivity index (χ1) is 14.9. The monoisotopic (exact) mass is 452 g/mol. The molecule has 1 saturated heterocycles. The highest BCUT2D eigenvalue weighted by atomic mass is 32.2. The number of benzene rings is 1. The highest BCUT2D eigenvalue weighted by molar-refractivity contribution is 7.89. The lowest BCUT2D eigenvalue weighted by Gasteiger charge is -2.26. The molecule has 3 N–H and O–H groups in total. The van der Waals surface area contributed by atoms with Crippen molar-refractivity contribution in [2.75, 3.05) is 32.8 Å². The van der Waals surface area contributed by atoms with Crippen molar-refractivity contribution in [2.45, 2.75) is 56.0 Å². The van der Waals surface area contributed by atoms with Crippen molar-refractivity contribution < 1.29 is 22.7 Å². The summed E-state index contributed by atoms with van der Waals surface area (Å²) >= 11 is 0. The first-order valence-corrected chi connectivity index (χ1v) is 12.4. The molecule has 1 aliphatic carbocycles. The van der Waals surface area contributed by atoms with Gasteiger partial charge in [0.05, 0.1) is 18.1 Å². The number of carbonyl (C=O) groups is 2. The molecular weight excluding hydrogens is 420 g/mol. The van der Waals surface area contributed by atoms with Crippen LogP contribution in [-0.4, -0.2) is 63.6 Å². The molecule has 9 nitrogen and oxygen atoms in total. The molecule has 3 rings (SSSR count). The van der Waals surface area contributed by atoms with Gasteiger partial charge in [0.25, 0.3) is 0 Å². The number of rotatable bonds is 8. The van der Waals surface area contributed by atoms with Gasteiger partial charge in [-0.2, -0.15) is 4.31 Å². The molecule has 1 saturated carbocycles. The Morgan fingerprint density at radius 3 is 2.35 bits per heavy atom. The van der Waals surface area contributed by atoms with Crippen molar-refractivity contribution in [3.05, 3.63) is 29.8 Å². The summed E-state index contributed by atoms with van der Waals surface area (Å²) < 4.78 is 31.9. The molecule has 31 heavy (non-hydrogen) atoms. The zero-order valence-corrected chi connectivity index (χ0v) is 18.6. The van der Waals surface area contributed by atoms with Gasteiger partial charge < -0.3 is 20.7 Å². The van der Waals surface area contributed by atoms with E-state index in [0.29, 0.717) is 32.8 Å². The van der Waals surface area contributed by atoms with Crippen LogP contribution in [0, 0.1) is 0 Å². The molecule has 0 aromatic heterocycles. The van der Waals surface area contributed by atoms with Gasteiger partial charge in [-0.1, -0.05) is 31.4 Å². The summed E-state index contributed by atoms with van der Waals surface area (Å²) in [5.41, 5.74) is 0.803. The standard InChI is InChI=1S/C21H32N4O5S/c26-20(10-11-22-21(27)24-18-4-2-1-3-5-18)23-16-17-6-8-19(9-7-17)31(28,29)25-12-14-30-15-13-25/h6-9,18H,1-5,10-16H2,(H,23,26)(H2,22,24,27). The molecule has 3 amide bonds. The minimum absolute atomic E-state index is 0.178. The lowest BCUT2D eigenvalue weighted by Crippen LogP contribution is -2.43. The van der Waals surface area contributed by atoms with Crippen molar-refractivity contribution >= 4 is 22.0 Å². The molecule has 2 fully saturated rings. The van der Waals surface area contributed by atoms with Crippen LogP contribution in [0.2, 0.25) is 0 Å². The molecule has 0 atom stereocenters. The Hall–Kier alpha value is -2.17. The van der Waals surface area contributed by atoms with Crippen LogP contribution in [0.25, 0.3) is 0 Å². The van der Waals surface area contributed by atoms with Crippen molar-refractivity contribution in [1.82, 2.24) is 20.3 Å². The molecule has 172 valence electrons. The highest BCUT2D eigenvalue weighted by Crippen LogP contribution is 2.18. The maximum absolute atomic E-state index is 12.6. The van der Waals surface area contributed by atoms with E-state index in [4.69, 9.17) is 4.74 Å². The maximum atomic E-state index is 12.6. The molecule has 1 aliphatic heterocycles. The molecule has 1 aromatic carbocycles. The van der Waals surface area contributed by atoms with Crippen molar-refractivity contribution in [2.24, 2.45) is 0 Å². The Kier molecular flexibility index (Phi) is 8.68. The van der Waals surface area contributed by atoms with Gasteiger partial charge in [-0.3, -0.25) is 4.79 Å². The Balaban J connectivity index is 1.36. The summed E-state index contributed by atoms with van der Waals surface area (Å²) in [6.07, 6.45) is 5.73. The van der Waals surface area contributed by atoms with E-state index in [1.54, 1.807) is 24.3 Å². The van der Waals surface area contributed by atoms with E-state index in [-0.39, 0.29) is 35.8 Å². The summed E-state index contributed by atoms with van der Waals surface area (Å²) in [4.78, 5) is 24.1. The normalized spacial score (nSPS) is 18.3. The highest BCUT2D eigenvalue weighted by Gasteiger charge is 2.26. The van der Waals surface area contributed by atoms with E-state index in [1.807, 2.05) is 0 Å². The minimum Gasteiger partial charge on any atom is -0.379 e. The van der Waals surface area contributed by atoms with Crippen molar-refractivity contribution in [1.29, 1.82) is 0 Å². The van der Waals surface area contributed by atoms with Crippen LogP contribution in [0.4, 0.5) is 4.79 Å². The van der Waals surface area contributed by atoms with E-state index >= 15 is 0 Å². The summed E-state index contributed by atoms with van der Waals surface area (Å²) in [5.74, 6) is -0.178. The number of morpholine rings is 1. The summed E-state index contributed by atoms with van der Waals surface area (Å²) in [6, 6.07) is 6.52. The van der Waals surface area contributed by atoms with Gasteiger partial charge in [0, 0.05) is 38.6 Å². The number of carbonyl (C=O) groups excluding carboxylic acids is 2. The van der Waals surface area contributed by atoms with Crippen LogP contribution in [-0.2, 0) is 26.1 Å². The third-order valence-corrected chi connectivity index (χ3v) is 7.51. The van der Waals surface area contributed by atoms with Gasteiger partial charge in [-0.15, -0.1) is 0 Å². The van der Waals surface area contributed by atoms with Crippen LogP contribution in [0.15, 0.2) is 29.2 Å². The Morgan fingerprint density at radius 2 is 1.68 bits per heavy atom. The van der Waals surface area contributed by atoms with Gasteiger partial charge >= 0.3 is 6.03 Å². The Bertz CT molecular complexity index is 832. The number of nitrogens with one attached hydrogen (secondary N) is 3. The van der Waals surface area contributed by atoms with Gasteiger partial charge in [-0.05, 0) is 30.5 Å². The predicted octanol–water partition coefficient (Wildman–Crippen LogP) is 1.35. The first kappa shape index (κ1) is 23.5. The van der Waals surface area contributed by atoms with Crippen LogP contribution < -0.4 is 16.0 Å². The third-order valence-electron chi connectivity index (χ3n) is 5.60. The van der Waals surface area contributed by atoms with Crippen molar-refractivity contribution in [3.63, 3.8) is 0 Å². The number of hydrogen-bond acceptors (Lipinski definition) is 5. The van der Waals surface area contributed by atoms with Gasteiger partial charge in [0.1, 0.15) is 0 Å². The predicted molar refractivity (Wildman–Crippen MR) is 116 cm³/mol. The molecule has 0 spiro atoms. The molecule has 1 aromatic rings. The van der Waals surface area contributed by atoms with E-state index < -0.39 is 10.0 Å². The zero-order chi connectivity index (χ0) is 22.1. The average molecular weight is 453 g/mol. The SMILES string of the molecule is O=C(CCNC(=O)NC1CCCCC1)NCc1ccc(S(=O)(=O)N2CCOCC2)cc1. The molecule has 0 unspecified atom stereocenters. The zero-order valence-electron chi connectivity index (χ0n) is 17.8. The molecule has 2 aliphatic rings. The van der Waals surface area contributed by atoms with Gasteiger partial charge in [-0.25, -0.2) is 13.2 Å². The smallest absolute Gasteiger partial charge is 0.315 e. The van der Waals surface area contributed by atoms with Crippen molar-refractivity contribution in [3.8, 4) is 0 Å². The lowest BCUT2D eigenvalue weighted by atomic mass is 9.96.